The molecule has 0 atom stereocenters. The quantitative estimate of drug-likeness (QED) is 0.396. The number of carbonyl (C=O) groups is 3. The first kappa shape index (κ1) is 24.7. The first-order valence-corrected chi connectivity index (χ1v) is 10.7. The van der Waals surface area contributed by atoms with E-state index in [2.05, 4.69) is 25.4 Å². The molecule has 3 aromatic rings. The van der Waals surface area contributed by atoms with Gasteiger partial charge in [0, 0.05) is 47.4 Å². The minimum Gasteiger partial charge on any atom is -0.394 e. The molecular weight excluding hydrogens is 483 g/mol. The first-order valence-electron chi connectivity index (χ1n) is 10.7. The number of pyridine rings is 1. The highest BCUT2D eigenvalue weighted by Gasteiger charge is 2.43. The van der Waals surface area contributed by atoms with Gasteiger partial charge in [0.05, 0.1) is 24.4 Å². The Morgan fingerprint density at radius 2 is 1.89 bits per heavy atom. The van der Waals surface area contributed by atoms with E-state index in [-0.39, 0.29) is 16.7 Å². The Morgan fingerprint density at radius 3 is 2.56 bits per heavy atom. The summed E-state index contributed by atoms with van der Waals surface area (Å²) in [5.41, 5.74) is 4.53. The molecule has 4 N–H and O–H groups in total. The topological polar surface area (TPSA) is 137 Å². The normalized spacial score (nSPS) is 12.9. The third-order valence-electron chi connectivity index (χ3n) is 5.26. The van der Waals surface area contributed by atoms with E-state index in [0.29, 0.717) is 29.8 Å². The summed E-state index contributed by atoms with van der Waals surface area (Å²) in [5.74, 6) is -2.72. The second-order valence-corrected chi connectivity index (χ2v) is 7.72. The van der Waals surface area contributed by atoms with Crippen molar-refractivity contribution in [2.24, 2.45) is 0 Å². The summed E-state index contributed by atoms with van der Waals surface area (Å²) in [6.45, 7) is -0.820. The summed E-state index contributed by atoms with van der Waals surface area (Å²) in [6.07, 6.45) is -2.98. The average molecular weight is 503 g/mol. The number of aromatic amines is 1. The lowest BCUT2D eigenvalue weighted by molar-refractivity contribution is -0.228. The number of hydrogen-bond donors (Lipinski definition) is 4. The van der Waals surface area contributed by atoms with Crippen LogP contribution in [0.1, 0.15) is 16.1 Å². The van der Waals surface area contributed by atoms with E-state index in [9.17, 15) is 27.6 Å². The second kappa shape index (κ2) is 10.1. The van der Waals surface area contributed by atoms with Crippen molar-refractivity contribution in [2.75, 3.05) is 25.0 Å². The number of fused-ring (bicyclic) bond motifs is 1. The lowest BCUT2D eigenvalue weighted by atomic mass is 10.1. The third kappa shape index (κ3) is 5.46. The summed E-state index contributed by atoms with van der Waals surface area (Å²) in [7, 11) is 0. The van der Waals surface area contributed by atoms with Gasteiger partial charge in [-0.15, -0.1) is 0 Å². The van der Waals surface area contributed by atoms with Gasteiger partial charge in [0.2, 0.25) is 0 Å². The number of amides is 3. The molecule has 0 radical (unpaired) electrons. The molecule has 1 aliphatic rings. The number of nitrogens with zero attached hydrogens (tertiary/aromatic N) is 2. The predicted octanol–water partition coefficient (Wildman–Crippen LogP) is 2.88. The minimum atomic E-state index is -5.30. The van der Waals surface area contributed by atoms with Crippen LogP contribution in [0.5, 0.6) is 0 Å². The molecule has 0 fully saturated rings. The number of aliphatic hydroxyl groups excluding tert-OH is 1. The Morgan fingerprint density at radius 1 is 1.14 bits per heavy atom. The number of H-pyrrole nitrogens is 1. The Labute approximate surface area is 202 Å². The predicted molar refractivity (Wildman–Crippen MR) is 120 cm³/mol. The Kier molecular flexibility index (Phi) is 6.92. The standard InChI is InChI=1S/C23H20F3N5O5/c24-23(25,26)21(34)36-31(9-10-32)22(35)29-15-3-1-13(2-4-15)18-11-14(5-7-27-18)19-12-16-17(30-19)6-8-28-20(16)33/h1-5,7,11-12,30,32H,6,8-10H2,(H,28,33)(H,29,35). The molecule has 188 valence electrons. The molecule has 1 aliphatic heterocycles. The number of rotatable bonds is 5. The van der Waals surface area contributed by atoms with Crippen molar-refractivity contribution >= 4 is 23.6 Å². The molecule has 36 heavy (non-hydrogen) atoms. The van der Waals surface area contributed by atoms with Crippen LogP contribution in [0.4, 0.5) is 23.7 Å². The van der Waals surface area contributed by atoms with E-state index in [1.54, 1.807) is 30.5 Å². The molecule has 2 aromatic heterocycles. The molecule has 0 spiro atoms. The molecule has 0 saturated heterocycles. The smallest absolute Gasteiger partial charge is 0.394 e. The van der Waals surface area contributed by atoms with E-state index < -0.39 is 31.3 Å². The van der Waals surface area contributed by atoms with Crippen molar-refractivity contribution < 1.29 is 37.5 Å². The maximum Gasteiger partial charge on any atom is 0.493 e. The number of carbonyl (C=O) groups excluding carboxylic acids is 3. The number of halogens is 3. The zero-order valence-corrected chi connectivity index (χ0v) is 18.6. The fourth-order valence-electron chi connectivity index (χ4n) is 3.55. The molecule has 3 heterocycles. The van der Waals surface area contributed by atoms with Crippen LogP contribution in [-0.2, 0) is 16.1 Å². The van der Waals surface area contributed by atoms with Crippen LogP contribution in [0.15, 0.2) is 48.7 Å². The molecule has 0 aliphatic carbocycles. The van der Waals surface area contributed by atoms with E-state index >= 15 is 0 Å². The van der Waals surface area contributed by atoms with Gasteiger partial charge in [-0.3, -0.25) is 9.78 Å². The maximum atomic E-state index is 12.4. The zero-order chi connectivity index (χ0) is 25.9. The van der Waals surface area contributed by atoms with Crippen molar-refractivity contribution in [1.82, 2.24) is 20.3 Å². The highest BCUT2D eigenvalue weighted by molar-refractivity contribution is 5.98. The number of anilines is 1. The number of urea groups is 1. The largest absolute Gasteiger partial charge is 0.493 e. The molecule has 10 nitrogen and oxygen atoms in total. The van der Waals surface area contributed by atoms with Gasteiger partial charge in [-0.1, -0.05) is 12.1 Å². The van der Waals surface area contributed by atoms with Gasteiger partial charge in [-0.2, -0.15) is 18.2 Å². The molecule has 4 rings (SSSR count). The Balaban J connectivity index is 1.47. The van der Waals surface area contributed by atoms with Gasteiger partial charge in [-0.05, 0) is 30.3 Å². The highest BCUT2D eigenvalue weighted by atomic mass is 19.4. The average Bonchev–Trinajstić information content (AvgIpc) is 3.30. The number of aromatic nitrogens is 2. The van der Waals surface area contributed by atoms with Gasteiger partial charge in [0.1, 0.15) is 0 Å². The summed E-state index contributed by atoms with van der Waals surface area (Å²) < 4.78 is 37.3. The number of nitrogens with one attached hydrogen (secondary N) is 3. The Hall–Kier alpha value is -4.39. The maximum absolute atomic E-state index is 12.4. The van der Waals surface area contributed by atoms with E-state index in [4.69, 9.17) is 5.11 Å². The van der Waals surface area contributed by atoms with Gasteiger partial charge in [-0.25, -0.2) is 9.59 Å². The molecule has 0 unspecified atom stereocenters. The van der Waals surface area contributed by atoms with Gasteiger partial charge < -0.3 is 25.6 Å². The van der Waals surface area contributed by atoms with Crippen LogP contribution in [-0.4, -0.2) is 63.9 Å². The van der Waals surface area contributed by atoms with Crippen molar-refractivity contribution in [1.29, 1.82) is 0 Å². The van der Waals surface area contributed by atoms with Crippen LogP contribution < -0.4 is 10.6 Å². The van der Waals surface area contributed by atoms with Crippen LogP contribution >= 0.6 is 0 Å². The van der Waals surface area contributed by atoms with Gasteiger partial charge in [0.25, 0.3) is 5.91 Å². The summed E-state index contributed by atoms with van der Waals surface area (Å²) in [6, 6.07) is 10.5. The number of hydrogen-bond acceptors (Lipinski definition) is 6. The minimum absolute atomic E-state index is 0.0883. The summed E-state index contributed by atoms with van der Waals surface area (Å²) in [4.78, 5) is 47.0. The van der Waals surface area contributed by atoms with E-state index in [1.165, 1.54) is 12.1 Å². The molecule has 3 amide bonds. The lowest BCUT2D eigenvalue weighted by Gasteiger charge is -2.21. The third-order valence-corrected chi connectivity index (χ3v) is 5.26. The van der Waals surface area contributed by atoms with Crippen LogP contribution in [0, 0.1) is 0 Å². The second-order valence-electron chi connectivity index (χ2n) is 7.72. The summed E-state index contributed by atoms with van der Waals surface area (Å²) >= 11 is 0. The molecule has 13 heteroatoms. The number of hydroxylamine groups is 2. The Bertz CT molecular complexity index is 1290. The SMILES string of the molecule is O=C1NCCc2[nH]c(-c3ccnc(-c4ccc(NC(=O)N(CCO)OC(=O)C(F)(F)F)cc4)c3)cc21. The van der Waals surface area contributed by atoms with Crippen LogP contribution in [0.2, 0.25) is 0 Å². The first-order chi connectivity index (χ1) is 17.2. The van der Waals surface area contributed by atoms with Crippen molar-refractivity contribution in [2.45, 2.75) is 12.6 Å². The molecule has 0 saturated carbocycles. The fourth-order valence-corrected chi connectivity index (χ4v) is 3.55. The van der Waals surface area contributed by atoms with Crippen molar-refractivity contribution in [3.05, 3.63) is 59.9 Å². The summed E-state index contributed by atoms with van der Waals surface area (Å²) in [5, 5.41) is 14.2. The molecule has 0 bridgehead atoms. The number of alkyl halides is 3. The number of benzene rings is 1. The lowest BCUT2D eigenvalue weighted by Crippen LogP contribution is -2.42. The van der Waals surface area contributed by atoms with Gasteiger partial charge >= 0.3 is 18.2 Å². The highest BCUT2D eigenvalue weighted by Crippen LogP contribution is 2.28. The monoisotopic (exact) mass is 503 g/mol. The number of aliphatic hydroxyl groups is 1. The van der Waals surface area contributed by atoms with Crippen LogP contribution in [0.25, 0.3) is 22.5 Å². The van der Waals surface area contributed by atoms with Crippen molar-refractivity contribution in [3.63, 3.8) is 0 Å². The van der Waals surface area contributed by atoms with E-state index in [0.717, 1.165) is 17.0 Å². The molecule has 1 aromatic carbocycles. The zero-order valence-electron chi connectivity index (χ0n) is 18.6. The van der Waals surface area contributed by atoms with Crippen LogP contribution in [0.3, 0.4) is 0 Å². The van der Waals surface area contributed by atoms with E-state index in [1.807, 2.05) is 6.07 Å². The van der Waals surface area contributed by atoms with Crippen molar-refractivity contribution in [3.8, 4) is 22.5 Å². The fraction of sp³-hybridized carbons (Fsp3) is 0.217. The van der Waals surface area contributed by atoms with Gasteiger partial charge in [0.15, 0.2) is 0 Å². The molecular formula is C23H20F3N5O5.